The van der Waals surface area contributed by atoms with Crippen LogP contribution in [0.25, 0.3) is 11.1 Å². The topological polar surface area (TPSA) is 63.2 Å². The van der Waals surface area contributed by atoms with E-state index in [1.807, 2.05) is 48.5 Å². The number of pyridine rings is 1. The average molecular weight is 510 g/mol. The summed E-state index contributed by atoms with van der Waals surface area (Å²) in [5.74, 6) is 6.34. The van der Waals surface area contributed by atoms with Gasteiger partial charge in [0.25, 0.3) is 5.91 Å². The molecule has 2 aromatic carbocycles. The second-order valence-corrected chi connectivity index (χ2v) is 8.84. The van der Waals surface area contributed by atoms with E-state index in [1.165, 1.54) is 0 Å². The Kier molecular flexibility index (Phi) is 9.56. The lowest BCUT2D eigenvalue weighted by Gasteiger charge is -2.35. The lowest BCUT2D eigenvalue weighted by molar-refractivity contribution is 0.0937. The predicted octanol–water partition coefficient (Wildman–Crippen LogP) is 5.74. The van der Waals surface area contributed by atoms with Gasteiger partial charge >= 0.3 is 0 Å². The number of benzene rings is 2. The molecule has 0 aliphatic heterocycles. The van der Waals surface area contributed by atoms with E-state index in [-0.39, 0.29) is 23.7 Å². The minimum atomic E-state index is -0.211. The third-order valence-corrected chi connectivity index (χ3v) is 6.42. The summed E-state index contributed by atoms with van der Waals surface area (Å²) in [4.78, 5) is 17.5. The Bertz CT molecular complexity index is 1210. The molecule has 0 bridgehead atoms. The fraction of sp³-hybridized carbons (Fsp3) is 0.286. The number of nitrogens with zero attached hydrogens (tertiary/aromatic N) is 1. The molecular weight excluding hydrogens is 481 g/mol. The van der Waals surface area contributed by atoms with E-state index < -0.39 is 0 Å². The number of nitrogens with one attached hydrogen (secondary N) is 2. The second-order valence-electron chi connectivity index (χ2n) is 8.40. The van der Waals surface area contributed by atoms with E-state index in [0.29, 0.717) is 30.3 Å². The van der Waals surface area contributed by atoms with Gasteiger partial charge in [-0.3, -0.25) is 9.78 Å². The van der Waals surface area contributed by atoms with Gasteiger partial charge in [-0.05, 0) is 29.7 Å². The molecule has 0 spiro atoms. The summed E-state index contributed by atoms with van der Waals surface area (Å²) >= 11 is 6.35. The van der Waals surface area contributed by atoms with Crippen molar-refractivity contribution in [2.24, 2.45) is 0 Å². The maximum Gasteiger partial charge on any atom is 0.255 e. The zero-order valence-corrected chi connectivity index (χ0v) is 21.2. The minimum absolute atomic E-state index is 0. The molecule has 0 radical (unpaired) electrons. The minimum Gasteiger partial charge on any atom is -0.383 e. The van der Waals surface area contributed by atoms with Crippen LogP contribution in [0.3, 0.4) is 0 Å². The van der Waals surface area contributed by atoms with Gasteiger partial charge in [-0.2, -0.15) is 0 Å². The number of methoxy groups -OCH3 is 1. The first kappa shape index (κ1) is 26.6. The largest absolute Gasteiger partial charge is 0.383 e. The van der Waals surface area contributed by atoms with Crippen LogP contribution in [0.15, 0.2) is 67.0 Å². The number of carbonyl (C=O) groups excluding carboxylic acids is 1. The van der Waals surface area contributed by atoms with Crippen molar-refractivity contribution in [2.75, 3.05) is 32.1 Å². The monoisotopic (exact) mass is 509 g/mol. The zero-order chi connectivity index (χ0) is 23.8. The first-order valence-electron chi connectivity index (χ1n) is 11.4. The zero-order valence-electron chi connectivity index (χ0n) is 19.6. The van der Waals surface area contributed by atoms with Gasteiger partial charge < -0.3 is 15.4 Å². The van der Waals surface area contributed by atoms with E-state index in [4.69, 9.17) is 16.3 Å². The highest BCUT2D eigenvalue weighted by Gasteiger charge is 2.33. The molecule has 1 unspecified atom stereocenters. The molecule has 0 fully saturated rings. The molecule has 7 heteroatoms. The fourth-order valence-corrected chi connectivity index (χ4v) is 4.50. The van der Waals surface area contributed by atoms with Crippen LogP contribution >= 0.6 is 24.0 Å². The van der Waals surface area contributed by atoms with E-state index in [0.717, 1.165) is 41.6 Å². The Morgan fingerprint density at radius 3 is 2.69 bits per heavy atom. The molecule has 182 valence electrons. The van der Waals surface area contributed by atoms with Gasteiger partial charge in [0.15, 0.2) is 0 Å². The van der Waals surface area contributed by atoms with Gasteiger partial charge in [0.2, 0.25) is 0 Å². The quantitative estimate of drug-likeness (QED) is 0.285. The normalized spacial score (nSPS) is 16.4. The highest BCUT2D eigenvalue weighted by molar-refractivity contribution is 6.30. The van der Waals surface area contributed by atoms with Crippen molar-refractivity contribution < 1.29 is 9.53 Å². The molecule has 0 saturated carbocycles. The maximum atomic E-state index is 13.1. The van der Waals surface area contributed by atoms with Gasteiger partial charge in [-0.1, -0.05) is 54.1 Å². The van der Waals surface area contributed by atoms with Crippen molar-refractivity contribution >= 4 is 35.6 Å². The summed E-state index contributed by atoms with van der Waals surface area (Å²) in [6.07, 6.45) is 5.87. The van der Waals surface area contributed by atoms with Crippen molar-refractivity contribution in [2.45, 2.75) is 24.7 Å². The Labute approximate surface area is 218 Å². The van der Waals surface area contributed by atoms with Gasteiger partial charge in [-0.25, -0.2) is 0 Å². The number of anilines is 1. The number of carbonyl (C=O) groups is 1. The number of ether oxygens (including phenoxy) is 1. The molecule has 1 aliphatic carbocycles. The van der Waals surface area contributed by atoms with Crippen molar-refractivity contribution in [1.29, 1.82) is 0 Å². The van der Waals surface area contributed by atoms with E-state index in [1.54, 1.807) is 19.5 Å². The molecule has 1 aromatic heterocycles. The van der Waals surface area contributed by atoms with Gasteiger partial charge in [0.05, 0.1) is 17.9 Å². The van der Waals surface area contributed by atoms with Gasteiger partial charge in [0.1, 0.15) is 0 Å². The van der Waals surface area contributed by atoms with Crippen molar-refractivity contribution in [3.63, 3.8) is 0 Å². The summed E-state index contributed by atoms with van der Waals surface area (Å²) in [5.41, 5.74) is 4.07. The van der Waals surface area contributed by atoms with Crippen LogP contribution in [-0.4, -0.2) is 37.7 Å². The van der Waals surface area contributed by atoms with Gasteiger partial charge in [0, 0.05) is 61.4 Å². The summed E-state index contributed by atoms with van der Waals surface area (Å²) in [5, 5.41) is 7.27. The maximum absolute atomic E-state index is 13.1. The first-order chi connectivity index (χ1) is 16.6. The number of amides is 1. The third-order valence-electron chi connectivity index (χ3n) is 6.19. The lowest BCUT2D eigenvalue weighted by atomic mass is 9.72. The van der Waals surface area contributed by atoms with Crippen LogP contribution in [0.5, 0.6) is 0 Å². The van der Waals surface area contributed by atoms with E-state index in [9.17, 15) is 4.79 Å². The number of rotatable bonds is 9. The Hall–Kier alpha value is -3.04. The molecule has 35 heavy (non-hydrogen) atoms. The van der Waals surface area contributed by atoms with Crippen LogP contribution in [0.4, 0.5) is 5.69 Å². The van der Waals surface area contributed by atoms with Crippen LogP contribution in [0.2, 0.25) is 5.02 Å². The predicted molar refractivity (Wildman–Crippen MR) is 144 cm³/mol. The van der Waals surface area contributed by atoms with Crippen LogP contribution in [0.1, 0.15) is 35.2 Å². The van der Waals surface area contributed by atoms with E-state index >= 15 is 0 Å². The average Bonchev–Trinajstić information content (AvgIpc) is 2.88. The molecule has 0 saturated heterocycles. The Balaban J connectivity index is 0.00000342. The number of halogens is 2. The number of aromatic nitrogens is 1. The lowest BCUT2D eigenvalue weighted by Crippen LogP contribution is -2.36. The molecule has 1 heterocycles. The molecule has 1 amide bonds. The summed E-state index contributed by atoms with van der Waals surface area (Å²) in [6, 6.07) is 18.0. The summed E-state index contributed by atoms with van der Waals surface area (Å²) in [6.45, 7) is 1.48. The van der Waals surface area contributed by atoms with Crippen molar-refractivity contribution in [3.8, 4) is 23.0 Å². The molecule has 5 nitrogen and oxygen atoms in total. The van der Waals surface area contributed by atoms with Crippen LogP contribution in [-0.2, 0) is 10.2 Å². The Morgan fingerprint density at radius 1 is 1.14 bits per heavy atom. The number of hydrogen-bond donors (Lipinski definition) is 2. The summed E-state index contributed by atoms with van der Waals surface area (Å²) < 4.78 is 5.08. The molecular formula is C28H29Cl2N3O2. The summed E-state index contributed by atoms with van der Waals surface area (Å²) in [7, 11) is 1.61. The molecule has 1 aliphatic rings. The standard InChI is InChI=1S/C28H28ClN3O2.ClH/c1-34-16-15-31-27(33)25-19-30-18-24(21-9-4-2-5-10-21)26(25)32-20-28(13-6-3-7-14-28)22-11-8-12-23(29)17-22;/h2,4-5,8-12,17-19H,6,13-16,20H2,1H3,(H,30,32)(H,31,33);1H. The highest BCUT2D eigenvalue weighted by atomic mass is 35.5. The van der Waals surface area contributed by atoms with Gasteiger partial charge in [-0.15, -0.1) is 24.2 Å². The van der Waals surface area contributed by atoms with E-state index in [2.05, 4.69) is 33.5 Å². The second kappa shape index (κ2) is 12.6. The molecule has 2 N–H and O–H groups in total. The third kappa shape index (κ3) is 6.35. The molecule has 3 aromatic rings. The van der Waals surface area contributed by atoms with Crippen molar-refractivity contribution in [1.82, 2.24) is 10.3 Å². The van der Waals surface area contributed by atoms with Crippen molar-refractivity contribution in [3.05, 3.63) is 83.1 Å². The van der Waals surface area contributed by atoms with Crippen LogP contribution < -0.4 is 10.6 Å². The molecule has 4 rings (SSSR count). The fourth-order valence-electron chi connectivity index (χ4n) is 4.31. The molecule has 1 atom stereocenters. The smallest absolute Gasteiger partial charge is 0.255 e. The highest BCUT2D eigenvalue weighted by Crippen LogP contribution is 2.38. The Morgan fingerprint density at radius 2 is 1.97 bits per heavy atom. The number of hydrogen-bond acceptors (Lipinski definition) is 4. The SMILES string of the molecule is COCCNC(=O)c1cncc(-c2ccccc2)c1NCC1(c2cccc(Cl)c2)CC#CCC1.Cl. The first-order valence-corrected chi connectivity index (χ1v) is 11.8. The van der Waals surface area contributed by atoms with Crippen LogP contribution in [0, 0.1) is 11.8 Å².